The number of hydrogen-bond acceptors (Lipinski definition) is 3. The van der Waals surface area contributed by atoms with Crippen LogP contribution in [0, 0.1) is 5.92 Å². The Morgan fingerprint density at radius 1 is 1.10 bits per heavy atom. The van der Waals surface area contributed by atoms with Gasteiger partial charge in [-0.25, -0.2) is 0 Å². The van der Waals surface area contributed by atoms with E-state index < -0.39 is 0 Å². The molecule has 0 heterocycles. The van der Waals surface area contributed by atoms with Gasteiger partial charge in [0.15, 0.2) is 0 Å². The van der Waals surface area contributed by atoms with Crippen molar-refractivity contribution in [2.24, 2.45) is 5.92 Å². The molecule has 118 valence electrons. The van der Waals surface area contributed by atoms with Crippen molar-refractivity contribution in [1.29, 1.82) is 0 Å². The molecule has 4 nitrogen and oxygen atoms in total. The Bertz CT molecular complexity index is 424. The molecule has 0 aromatic heterocycles. The van der Waals surface area contributed by atoms with Gasteiger partial charge < -0.3 is 15.5 Å². The number of amides is 1. The zero-order valence-electron chi connectivity index (χ0n) is 13.8. The monoisotopic (exact) mass is 291 g/mol. The maximum Gasteiger partial charge on any atom is 0.253 e. The number of rotatable bonds is 8. The van der Waals surface area contributed by atoms with E-state index in [2.05, 4.69) is 32.6 Å². The Kier molecular flexibility index (Phi) is 7.23. The molecule has 0 saturated carbocycles. The summed E-state index contributed by atoms with van der Waals surface area (Å²) in [6.07, 6.45) is 0. The molecule has 0 fully saturated rings. The molecule has 4 heteroatoms. The van der Waals surface area contributed by atoms with Crippen LogP contribution in [-0.4, -0.2) is 48.4 Å². The van der Waals surface area contributed by atoms with Gasteiger partial charge >= 0.3 is 0 Å². The van der Waals surface area contributed by atoms with E-state index in [0.29, 0.717) is 17.2 Å². The highest BCUT2D eigenvalue weighted by Gasteiger charge is 2.17. The first kappa shape index (κ1) is 17.5. The van der Waals surface area contributed by atoms with Gasteiger partial charge in [-0.2, -0.15) is 0 Å². The Labute approximate surface area is 128 Å². The van der Waals surface area contributed by atoms with Crippen LogP contribution in [0.5, 0.6) is 0 Å². The maximum atomic E-state index is 12.6. The second-order valence-electron chi connectivity index (χ2n) is 5.79. The van der Waals surface area contributed by atoms with Gasteiger partial charge in [0.05, 0.1) is 0 Å². The van der Waals surface area contributed by atoms with Crippen LogP contribution in [0.15, 0.2) is 24.3 Å². The minimum absolute atomic E-state index is 0.0934. The second kappa shape index (κ2) is 8.67. The van der Waals surface area contributed by atoms with Crippen LogP contribution < -0.4 is 5.73 Å². The predicted molar refractivity (Wildman–Crippen MR) is 89.4 cm³/mol. The van der Waals surface area contributed by atoms with Crippen LogP contribution in [0.1, 0.15) is 38.1 Å². The van der Waals surface area contributed by atoms with Gasteiger partial charge in [0.2, 0.25) is 0 Å². The fourth-order valence-electron chi connectivity index (χ4n) is 2.33. The van der Waals surface area contributed by atoms with Gasteiger partial charge in [0.25, 0.3) is 5.91 Å². The molecule has 1 aromatic rings. The van der Waals surface area contributed by atoms with E-state index in [9.17, 15) is 4.79 Å². The number of nitrogen functional groups attached to an aromatic ring is 1. The molecule has 0 bridgehead atoms. The maximum absolute atomic E-state index is 12.6. The van der Waals surface area contributed by atoms with Gasteiger partial charge in [-0.3, -0.25) is 4.79 Å². The van der Waals surface area contributed by atoms with Gasteiger partial charge in [-0.15, -0.1) is 0 Å². The molecule has 1 rings (SSSR count). The molecule has 0 unspecified atom stereocenters. The van der Waals surface area contributed by atoms with Crippen LogP contribution in [0.25, 0.3) is 0 Å². The van der Waals surface area contributed by atoms with E-state index in [4.69, 9.17) is 5.73 Å². The smallest absolute Gasteiger partial charge is 0.253 e. The topological polar surface area (TPSA) is 49.6 Å². The molecule has 0 atom stereocenters. The van der Waals surface area contributed by atoms with Crippen molar-refractivity contribution in [2.75, 3.05) is 38.5 Å². The molecule has 21 heavy (non-hydrogen) atoms. The van der Waals surface area contributed by atoms with Crippen molar-refractivity contribution in [1.82, 2.24) is 9.80 Å². The average Bonchev–Trinajstić information content (AvgIpc) is 2.46. The lowest BCUT2D eigenvalue weighted by Gasteiger charge is -2.28. The highest BCUT2D eigenvalue weighted by Crippen LogP contribution is 2.10. The Balaban J connectivity index is 2.76. The number of nitrogens with zero attached hydrogens (tertiary/aromatic N) is 2. The van der Waals surface area contributed by atoms with Gasteiger partial charge in [-0.05, 0) is 43.3 Å². The first-order valence-electron chi connectivity index (χ1n) is 7.85. The SMILES string of the molecule is CCN(CC)CCN(CC(C)C)C(=O)c1ccc(N)cc1. The summed E-state index contributed by atoms with van der Waals surface area (Å²) in [4.78, 5) is 16.9. The molecule has 0 aliphatic carbocycles. The van der Waals surface area contributed by atoms with Gasteiger partial charge in [0.1, 0.15) is 0 Å². The molecule has 1 amide bonds. The number of anilines is 1. The fraction of sp³-hybridized carbons (Fsp3) is 0.588. The Hall–Kier alpha value is -1.55. The van der Waals surface area contributed by atoms with Crippen LogP contribution in [0.3, 0.4) is 0 Å². The zero-order valence-corrected chi connectivity index (χ0v) is 13.8. The van der Waals surface area contributed by atoms with Crippen LogP contribution in [0.4, 0.5) is 5.69 Å². The average molecular weight is 291 g/mol. The lowest BCUT2D eigenvalue weighted by atomic mass is 10.1. The van der Waals surface area contributed by atoms with E-state index in [1.165, 1.54) is 0 Å². The highest BCUT2D eigenvalue weighted by molar-refractivity contribution is 5.94. The second-order valence-corrected chi connectivity index (χ2v) is 5.79. The minimum Gasteiger partial charge on any atom is -0.399 e. The first-order chi connectivity index (χ1) is 9.97. The summed E-state index contributed by atoms with van der Waals surface area (Å²) in [6, 6.07) is 7.18. The van der Waals surface area contributed by atoms with Gasteiger partial charge in [-0.1, -0.05) is 27.7 Å². The molecular weight excluding hydrogens is 262 g/mol. The third kappa shape index (κ3) is 5.76. The summed E-state index contributed by atoms with van der Waals surface area (Å²) in [5.74, 6) is 0.551. The molecule has 1 aromatic carbocycles. The number of likely N-dealkylation sites (N-methyl/N-ethyl adjacent to an activating group) is 1. The Morgan fingerprint density at radius 3 is 2.14 bits per heavy atom. The molecule has 0 aliphatic heterocycles. The van der Waals surface area contributed by atoms with Crippen molar-refractivity contribution in [2.45, 2.75) is 27.7 Å². The fourth-order valence-corrected chi connectivity index (χ4v) is 2.33. The summed E-state index contributed by atoms with van der Waals surface area (Å²) < 4.78 is 0. The number of hydrogen-bond donors (Lipinski definition) is 1. The third-order valence-corrected chi connectivity index (χ3v) is 3.61. The summed E-state index contributed by atoms with van der Waals surface area (Å²) in [5.41, 5.74) is 7.08. The number of nitrogens with two attached hydrogens (primary N) is 1. The van der Waals surface area contributed by atoms with Crippen molar-refractivity contribution >= 4 is 11.6 Å². The number of carbonyl (C=O) groups excluding carboxylic acids is 1. The third-order valence-electron chi connectivity index (χ3n) is 3.61. The van der Waals surface area contributed by atoms with E-state index >= 15 is 0 Å². The standard InChI is InChI=1S/C17H29N3O/c1-5-19(6-2)11-12-20(13-14(3)4)17(21)15-7-9-16(18)10-8-15/h7-10,14H,5-6,11-13,18H2,1-4H3. The molecule has 2 N–H and O–H groups in total. The van der Waals surface area contributed by atoms with Gasteiger partial charge in [0, 0.05) is 30.9 Å². The molecular formula is C17H29N3O. The predicted octanol–water partition coefficient (Wildman–Crippen LogP) is 2.71. The summed E-state index contributed by atoms with van der Waals surface area (Å²) in [7, 11) is 0. The quantitative estimate of drug-likeness (QED) is 0.749. The summed E-state index contributed by atoms with van der Waals surface area (Å²) >= 11 is 0. The molecule has 0 spiro atoms. The summed E-state index contributed by atoms with van der Waals surface area (Å²) in [6.45, 7) is 13.1. The summed E-state index contributed by atoms with van der Waals surface area (Å²) in [5, 5.41) is 0. The minimum atomic E-state index is 0.0934. The van der Waals surface area contributed by atoms with E-state index in [1.54, 1.807) is 12.1 Å². The normalized spacial score (nSPS) is 11.1. The molecule has 0 aliphatic rings. The van der Waals surface area contributed by atoms with E-state index in [-0.39, 0.29) is 5.91 Å². The number of benzene rings is 1. The van der Waals surface area contributed by atoms with E-state index in [0.717, 1.165) is 32.7 Å². The lowest BCUT2D eigenvalue weighted by Crippen LogP contribution is -2.40. The number of carbonyl (C=O) groups is 1. The molecule has 0 saturated heterocycles. The highest BCUT2D eigenvalue weighted by atomic mass is 16.2. The lowest BCUT2D eigenvalue weighted by molar-refractivity contribution is 0.0716. The van der Waals surface area contributed by atoms with Crippen molar-refractivity contribution in [3.05, 3.63) is 29.8 Å². The van der Waals surface area contributed by atoms with Crippen molar-refractivity contribution < 1.29 is 4.79 Å². The van der Waals surface area contributed by atoms with Crippen molar-refractivity contribution in [3.63, 3.8) is 0 Å². The largest absolute Gasteiger partial charge is 0.399 e. The van der Waals surface area contributed by atoms with E-state index in [1.807, 2.05) is 17.0 Å². The molecule has 0 radical (unpaired) electrons. The van der Waals surface area contributed by atoms with Crippen LogP contribution in [-0.2, 0) is 0 Å². The van der Waals surface area contributed by atoms with Crippen LogP contribution >= 0.6 is 0 Å². The Morgan fingerprint density at radius 2 is 1.67 bits per heavy atom. The van der Waals surface area contributed by atoms with Crippen LogP contribution in [0.2, 0.25) is 0 Å². The zero-order chi connectivity index (χ0) is 15.8. The van der Waals surface area contributed by atoms with Crippen molar-refractivity contribution in [3.8, 4) is 0 Å². The first-order valence-corrected chi connectivity index (χ1v) is 7.85.